The van der Waals surface area contributed by atoms with Crippen molar-refractivity contribution < 1.29 is 4.42 Å². The van der Waals surface area contributed by atoms with Crippen molar-refractivity contribution in [1.29, 1.82) is 0 Å². The molecule has 0 bridgehead atoms. The van der Waals surface area contributed by atoms with Gasteiger partial charge in [-0.15, -0.1) is 10.2 Å². The van der Waals surface area contributed by atoms with Crippen molar-refractivity contribution in [2.45, 2.75) is 32.7 Å². The minimum atomic E-state index is 0.290. The molecule has 2 rings (SSSR count). The van der Waals surface area contributed by atoms with Gasteiger partial charge in [-0.1, -0.05) is 25.2 Å². The Bertz CT molecular complexity index is 474. The first-order valence-electron chi connectivity index (χ1n) is 5.87. The fourth-order valence-electron chi connectivity index (χ4n) is 1.79. The SMILES string of the molecule is CCc1occc1-c1nnc(C(CC)NC)s1. The van der Waals surface area contributed by atoms with Gasteiger partial charge < -0.3 is 9.73 Å². The third kappa shape index (κ3) is 2.40. The highest BCUT2D eigenvalue weighted by atomic mass is 32.1. The predicted molar refractivity (Wildman–Crippen MR) is 69.1 cm³/mol. The molecule has 2 aromatic heterocycles. The minimum absolute atomic E-state index is 0.290. The normalized spacial score (nSPS) is 12.9. The number of aromatic nitrogens is 2. The highest BCUT2D eigenvalue weighted by Gasteiger charge is 2.16. The van der Waals surface area contributed by atoms with Crippen molar-refractivity contribution in [2.24, 2.45) is 0 Å². The maximum Gasteiger partial charge on any atom is 0.151 e. The van der Waals surface area contributed by atoms with E-state index in [0.717, 1.165) is 34.2 Å². The summed E-state index contributed by atoms with van der Waals surface area (Å²) in [5, 5.41) is 13.7. The van der Waals surface area contributed by atoms with Crippen LogP contribution in [0.15, 0.2) is 16.7 Å². The lowest BCUT2D eigenvalue weighted by Gasteiger charge is -2.07. The van der Waals surface area contributed by atoms with Crippen LogP contribution in [0, 0.1) is 0 Å². The lowest BCUT2D eigenvalue weighted by Crippen LogP contribution is -2.14. The highest BCUT2D eigenvalue weighted by molar-refractivity contribution is 7.14. The Labute approximate surface area is 105 Å². The quantitative estimate of drug-likeness (QED) is 0.887. The molecule has 0 amide bonds. The number of rotatable bonds is 5. The Hall–Kier alpha value is -1.20. The monoisotopic (exact) mass is 251 g/mol. The molecule has 2 aromatic rings. The number of nitrogens with one attached hydrogen (secondary N) is 1. The van der Waals surface area contributed by atoms with Crippen molar-refractivity contribution in [3.8, 4) is 10.6 Å². The van der Waals surface area contributed by atoms with Gasteiger partial charge in [-0.05, 0) is 19.5 Å². The van der Waals surface area contributed by atoms with Crippen molar-refractivity contribution in [1.82, 2.24) is 15.5 Å². The van der Waals surface area contributed by atoms with E-state index in [1.54, 1.807) is 17.6 Å². The zero-order valence-electron chi connectivity index (χ0n) is 10.4. The van der Waals surface area contributed by atoms with Crippen LogP contribution in [0.5, 0.6) is 0 Å². The summed E-state index contributed by atoms with van der Waals surface area (Å²) in [6, 6.07) is 2.25. The minimum Gasteiger partial charge on any atom is -0.469 e. The molecule has 1 atom stereocenters. The molecule has 0 aliphatic rings. The molecule has 2 heterocycles. The second kappa shape index (κ2) is 5.42. The molecule has 0 saturated heterocycles. The molecular weight excluding hydrogens is 234 g/mol. The van der Waals surface area contributed by atoms with Crippen LogP contribution in [-0.4, -0.2) is 17.2 Å². The Kier molecular flexibility index (Phi) is 3.91. The van der Waals surface area contributed by atoms with Gasteiger partial charge in [-0.3, -0.25) is 0 Å². The highest BCUT2D eigenvalue weighted by Crippen LogP contribution is 2.30. The molecule has 0 aliphatic carbocycles. The maximum absolute atomic E-state index is 5.41. The Morgan fingerprint density at radius 1 is 1.41 bits per heavy atom. The molecule has 0 fully saturated rings. The van der Waals surface area contributed by atoms with Crippen molar-refractivity contribution in [2.75, 3.05) is 7.05 Å². The van der Waals surface area contributed by atoms with Gasteiger partial charge in [0.05, 0.1) is 17.9 Å². The molecule has 5 heteroatoms. The molecule has 1 unspecified atom stereocenters. The molecule has 1 N–H and O–H groups in total. The lowest BCUT2D eigenvalue weighted by atomic mass is 10.2. The van der Waals surface area contributed by atoms with Gasteiger partial charge in [-0.2, -0.15) is 0 Å². The van der Waals surface area contributed by atoms with Crippen molar-refractivity contribution in [3.63, 3.8) is 0 Å². The zero-order chi connectivity index (χ0) is 12.3. The first kappa shape index (κ1) is 12.3. The summed E-state index contributed by atoms with van der Waals surface area (Å²) in [5.41, 5.74) is 1.07. The Morgan fingerprint density at radius 2 is 2.24 bits per heavy atom. The second-order valence-corrected chi connectivity index (χ2v) is 4.82. The molecule has 0 radical (unpaired) electrons. The van der Waals surface area contributed by atoms with Crippen LogP contribution in [0.2, 0.25) is 0 Å². The largest absolute Gasteiger partial charge is 0.469 e. The summed E-state index contributed by atoms with van der Waals surface area (Å²) in [6.07, 6.45) is 3.60. The van der Waals surface area contributed by atoms with Gasteiger partial charge in [0.15, 0.2) is 5.01 Å². The predicted octanol–water partition coefficient (Wildman–Crippen LogP) is 3.03. The van der Waals surface area contributed by atoms with Crippen LogP contribution in [0.3, 0.4) is 0 Å². The number of hydrogen-bond donors (Lipinski definition) is 1. The van der Waals surface area contributed by atoms with Gasteiger partial charge in [0.25, 0.3) is 0 Å². The van der Waals surface area contributed by atoms with Crippen molar-refractivity contribution >= 4 is 11.3 Å². The topological polar surface area (TPSA) is 51.0 Å². The number of aryl methyl sites for hydroxylation is 1. The van der Waals surface area contributed by atoms with E-state index in [9.17, 15) is 0 Å². The third-order valence-corrected chi connectivity index (χ3v) is 3.86. The molecule has 4 nitrogen and oxygen atoms in total. The van der Waals surface area contributed by atoms with Gasteiger partial charge in [0, 0.05) is 6.42 Å². The number of furan rings is 1. The molecule has 0 saturated carbocycles. The molecule has 92 valence electrons. The van der Waals surface area contributed by atoms with Crippen molar-refractivity contribution in [3.05, 3.63) is 23.1 Å². The van der Waals surface area contributed by atoms with Gasteiger partial charge >= 0.3 is 0 Å². The molecule has 17 heavy (non-hydrogen) atoms. The van der Waals surface area contributed by atoms with Gasteiger partial charge in [0.1, 0.15) is 10.8 Å². The van der Waals surface area contributed by atoms with Crippen LogP contribution in [0.4, 0.5) is 0 Å². The number of hydrogen-bond acceptors (Lipinski definition) is 5. The average Bonchev–Trinajstić information content (AvgIpc) is 2.98. The first-order valence-corrected chi connectivity index (χ1v) is 6.69. The fraction of sp³-hybridized carbons (Fsp3) is 0.500. The summed E-state index contributed by atoms with van der Waals surface area (Å²) in [7, 11) is 1.95. The number of nitrogens with zero attached hydrogens (tertiary/aromatic N) is 2. The van der Waals surface area contributed by atoms with E-state index >= 15 is 0 Å². The van der Waals surface area contributed by atoms with E-state index in [0.29, 0.717) is 6.04 Å². The summed E-state index contributed by atoms with van der Waals surface area (Å²) in [6.45, 7) is 4.21. The maximum atomic E-state index is 5.41. The zero-order valence-corrected chi connectivity index (χ0v) is 11.2. The van der Waals surface area contributed by atoms with Crippen LogP contribution in [0.1, 0.15) is 37.1 Å². The molecule has 0 spiro atoms. The third-order valence-electron chi connectivity index (χ3n) is 2.79. The Balaban J connectivity index is 2.29. The van der Waals surface area contributed by atoms with Crippen LogP contribution < -0.4 is 5.32 Å². The smallest absolute Gasteiger partial charge is 0.151 e. The molecule has 0 aromatic carbocycles. The Morgan fingerprint density at radius 3 is 2.88 bits per heavy atom. The van der Waals surface area contributed by atoms with Crippen LogP contribution in [-0.2, 0) is 6.42 Å². The molecule has 0 aliphatic heterocycles. The standard InChI is InChI=1S/C12H17N3OS/c1-4-9(13-3)12-15-14-11(17-12)8-6-7-16-10(8)5-2/h6-7,9,13H,4-5H2,1-3H3. The van der Waals surface area contributed by atoms with E-state index in [-0.39, 0.29) is 0 Å². The van der Waals surface area contributed by atoms with E-state index in [4.69, 9.17) is 4.42 Å². The van der Waals surface area contributed by atoms with Gasteiger partial charge in [-0.25, -0.2) is 0 Å². The first-order chi connectivity index (χ1) is 8.30. The van der Waals surface area contributed by atoms with E-state index < -0.39 is 0 Å². The molecular formula is C12H17N3OS. The summed E-state index contributed by atoms with van der Waals surface area (Å²) >= 11 is 1.63. The van der Waals surface area contributed by atoms with Crippen LogP contribution >= 0.6 is 11.3 Å². The summed E-state index contributed by atoms with van der Waals surface area (Å²) < 4.78 is 5.41. The average molecular weight is 251 g/mol. The van der Waals surface area contributed by atoms with E-state index in [1.807, 2.05) is 13.1 Å². The summed E-state index contributed by atoms with van der Waals surface area (Å²) in [4.78, 5) is 0. The summed E-state index contributed by atoms with van der Waals surface area (Å²) in [5.74, 6) is 0.977. The van der Waals surface area contributed by atoms with E-state index in [2.05, 4.69) is 29.4 Å². The van der Waals surface area contributed by atoms with Crippen LogP contribution in [0.25, 0.3) is 10.6 Å². The van der Waals surface area contributed by atoms with E-state index in [1.165, 1.54) is 0 Å². The second-order valence-electron chi connectivity index (χ2n) is 3.81. The van der Waals surface area contributed by atoms with Gasteiger partial charge in [0.2, 0.25) is 0 Å². The lowest BCUT2D eigenvalue weighted by molar-refractivity contribution is 0.517. The fourth-order valence-corrected chi connectivity index (χ4v) is 2.87.